The third-order valence-electron chi connectivity index (χ3n) is 2.15. The molecular formula is C12H12IN3. The van der Waals surface area contributed by atoms with Gasteiger partial charge in [0.05, 0.1) is 12.2 Å². The summed E-state index contributed by atoms with van der Waals surface area (Å²) in [5, 5.41) is 3.32. The van der Waals surface area contributed by atoms with Gasteiger partial charge in [0.1, 0.15) is 5.82 Å². The number of rotatable bonds is 3. The van der Waals surface area contributed by atoms with Crippen molar-refractivity contribution in [3.05, 3.63) is 51.6 Å². The maximum Gasteiger partial charge on any atom is 0.125 e. The Hall–Kier alpha value is -1.17. The summed E-state index contributed by atoms with van der Waals surface area (Å²) in [7, 11) is 0. The van der Waals surface area contributed by atoms with Gasteiger partial charge in [-0.15, -0.1) is 0 Å². The lowest BCUT2D eigenvalue weighted by atomic mass is 10.3. The van der Waals surface area contributed by atoms with Gasteiger partial charge >= 0.3 is 0 Å². The first-order valence-electron chi connectivity index (χ1n) is 5.02. The van der Waals surface area contributed by atoms with E-state index in [1.165, 1.54) is 3.57 Å². The van der Waals surface area contributed by atoms with E-state index < -0.39 is 0 Å². The van der Waals surface area contributed by atoms with Gasteiger partial charge in [0.25, 0.3) is 0 Å². The molecule has 0 aliphatic heterocycles. The fraction of sp³-hybridized carbons (Fsp3) is 0.167. The minimum atomic E-state index is 0.726. The van der Waals surface area contributed by atoms with E-state index in [0.717, 1.165) is 23.8 Å². The highest BCUT2D eigenvalue weighted by atomic mass is 127. The summed E-state index contributed by atoms with van der Waals surface area (Å²) in [5.41, 5.74) is 2.11. The van der Waals surface area contributed by atoms with Crippen LogP contribution in [-0.2, 0) is 6.54 Å². The highest BCUT2D eigenvalue weighted by Gasteiger charge is 1.96. The Balaban J connectivity index is 1.99. The Kier molecular flexibility index (Phi) is 3.71. The predicted octanol–water partition coefficient (Wildman–Crippen LogP) is 3.00. The fourth-order valence-corrected chi connectivity index (χ4v) is 1.72. The highest BCUT2D eigenvalue weighted by Crippen LogP contribution is 2.11. The van der Waals surface area contributed by atoms with Crippen LogP contribution >= 0.6 is 22.6 Å². The second kappa shape index (κ2) is 5.25. The zero-order valence-corrected chi connectivity index (χ0v) is 11.1. The molecule has 3 nitrogen and oxygen atoms in total. The molecular weight excluding hydrogens is 313 g/mol. The Labute approximate surface area is 108 Å². The van der Waals surface area contributed by atoms with Gasteiger partial charge in [-0.2, -0.15) is 0 Å². The molecule has 4 heteroatoms. The first kappa shape index (κ1) is 11.3. The molecule has 1 N–H and O–H groups in total. The Morgan fingerprint density at radius 2 is 1.94 bits per heavy atom. The maximum absolute atomic E-state index is 4.33. The molecule has 0 aliphatic rings. The summed E-state index contributed by atoms with van der Waals surface area (Å²) in [4.78, 5) is 8.40. The Morgan fingerprint density at radius 3 is 2.62 bits per heavy atom. The van der Waals surface area contributed by atoms with Crippen molar-refractivity contribution in [2.24, 2.45) is 0 Å². The molecule has 1 heterocycles. The van der Waals surface area contributed by atoms with E-state index in [2.05, 4.69) is 62.1 Å². The number of nitrogens with one attached hydrogen (secondary N) is 1. The molecule has 0 amide bonds. The number of aryl methyl sites for hydroxylation is 1. The Morgan fingerprint density at radius 1 is 1.19 bits per heavy atom. The molecule has 1 aromatic carbocycles. The quantitative estimate of drug-likeness (QED) is 0.882. The molecule has 2 aromatic rings. The first-order valence-corrected chi connectivity index (χ1v) is 6.10. The van der Waals surface area contributed by atoms with Crippen LogP contribution in [0.15, 0.2) is 36.5 Å². The normalized spacial score (nSPS) is 10.1. The van der Waals surface area contributed by atoms with Gasteiger partial charge in [0.2, 0.25) is 0 Å². The topological polar surface area (TPSA) is 37.8 Å². The molecule has 0 saturated carbocycles. The molecule has 0 spiro atoms. The van der Waals surface area contributed by atoms with E-state index in [9.17, 15) is 0 Å². The predicted molar refractivity (Wildman–Crippen MR) is 73.3 cm³/mol. The SMILES string of the molecule is Cc1nccc(CNc2ccc(I)cc2)n1. The van der Waals surface area contributed by atoms with Crippen molar-refractivity contribution in [2.75, 3.05) is 5.32 Å². The van der Waals surface area contributed by atoms with Gasteiger partial charge in [0.15, 0.2) is 0 Å². The van der Waals surface area contributed by atoms with Crippen LogP contribution in [0.3, 0.4) is 0 Å². The van der Waals surface area contributed by atoms with Crippen LogP contribution in [0.4, 0.5) is 5.69 Å². The number of benzene rings is 1. The second-order valence-electron chi connectivity index (χ2n) is 3.46. The van der Waals surface area contributed by atoms with Crippen LogP contribution in [0.5, 0.6) is 0 Å². The van der Waals surface area contributed by atoms with Crippen molar-refractivity contribution in [1.29, 1.82) is 0 Å². The number of hydrogen-bond donors (Lipinski definition) is 1. The summed E-state index contributed by atoms with van der Waals surface area (Å²) < 4.78 is 1.24. The van der Waals surface area contributed by atoms with E-state index in [1.54, 1.807) is 6.20 Å². The molecule has 0 bridgehead atoms. The summed E-state index contributed by atoms with van der Waals surface area (Å²) in [6.45, 7) is 2.62. The highest BCUT2D eigenvalue weighted by molar-refractivity contribution is 14.1. The third-order valence-corrected chi connectivity index (χ3v) is 2.87. The van der Waals surface area contributed by atoms with E-state index in [4.69, 9.17) is 0 Å². The number of hydrogen-bond acceptors (Lipinski definition) is 3. The molecule has 2 rings (SSSR count). The molecule has 82 valence electrons. The lowest BCUT2D eigenvalue weighted by Gasteiger charge is -2.06. The molecule has 0 atom stereocenters. The molecule has 16 heavy (non-hydrogen) atoms. The smallest absolute Gasteiger partial charge is 0.125 e. The summed E-state index contributed by atoms with van der Waals surface area (Å²) in [5.74, 6) is 0.807. The van der Waals surface area contributed by atoms with E-state index >= 15 is 0 Å². The van der Waals surface area contributed by atoms with Crippen LogP contribution in [0.25, 0.3) is 0 Å². The number of anilines is 1. The fourth-order valence-electron chi connectivity index (χ4n) is 1.36. The second-order valence-corrected chi connectivity index (χ2v) is 4.70. The van der Waals surface area contributed by atoms with Crippen LogP contribution < -0.4 is 5.32 Å². The molecule has 1 aromatic heterocycles. The maximum atomic E-state index is 4.33. The van der Waals surface area contributed by atoms with Crippen molar-refractivity contribution < 1.29 is 0 Å². The molecule has 0 saturated heterocycles. The van der Waals surface area contributed by atoms with Crippen molar-refractivity contribution >= 4 is 28.3 Å². The number of nitrogens with zero attached hydrogens (tertiary/aromatic N) is 2. The zero-order chi connectivity index (χ0) is 11.4. The third kappa shape index (κ3) is 3.16. The van der Waals surface area contributed by atoms with Crippen LogP contribution in [0.1, 0.15) is 11.5 Å². The lowest BCUT2D eigenvalue weighted by Crippen LogP contribution is -2.03. The van der Waals surface area contributed by atoms with E-state index in [1.807, 2.05) is 13.0 Å². The standard InChI is InChI=1S/C12H12IN3/c1-9-14-7-6-12(16-9)8-15-11-4-2-10(13)3-5-11/h2-7,15H,8H2,1H3. The van der Waals surface area contributed by atoms with Gasteiger partial charge in [-0.1, -0.05) is 0 Å². The largest absolute Gasteiger partial charge is 0.379 e. The summed E-state index contributed by atoms with van der Waals surface area (Å²) >= 11 is 2.29. The molecule has 0 unspecified atom stereocenters. The minimum absolute atomic E-state index is 0.726. The van der Waals surface area contributed by atoms with Gasteiger partial charge in [0, 0.05) is 15.5 Å². The average molecular weight is 325 g/mol. The Bertz CT molecular complexity index is 468. The van der Waals surface area contributed by atoms with Crippen LogP contribution in [0, 0.1) is 10.5 Å². The summed E-state index contributed by atoms with van der Waals surface area (Å²) in [6.07, 6.45) is 1.78. The average Bonchev–Trinajstić information content (AvgIpc) is 2.28. The lowest BCUT2D eigenvalue weighted by molar-refractivity contribution is 0.955. The van der Waals surface area contributed by atoms with E-state index in [0.29, 0.717) is 0 Å². The molecule has 0 radical (unpaired) electrons. The summed E-state index contributed by atoms with van der Waals surface area (Å²) in [6, 6.07) is 10.2. The monoisotopic (exact) mass is 325 g/mol. The van der Waals surface area contributed by atoms with Crippen LogP contribution in [0.2, 0.25) is 0 Å². The van der Waals surface area contributed by atoms with Crippen molar-refractivity contribution in [3.63, 3.8) is 0 Å². The molecule has 0 fully saturated rings. The van der Waals surface area contributed by atoms with Crippen LogP contribution in [-0.4, -0.2) is 9.97 Å². The van der Waals surface area contributed by atoms with Gasteiger partial charge in [-0.3, -0.25) is 0 Å². The van der Waals surface area contributed by atoms with E-state index in [-0.39, 0.29) is 0 Å². The number of halogens is 1. The van der Waals surface area contributed by atoms with Gasteiger partial charge < -0.3 is 5.32 Å². The van der Waals surface area contributed by atoms with Gasteiger partial charge in [-0.25, -0.2) is 9.97 Å². The number of aromatic nitrogens is 2. The van der Waals surface area contributed by atoms with Gasteiger partial charge in [-0.05, 0) is 59.8 Å². The minimum Gasteiger partial charge on any atom is -0.379 e. The zero-order valence-electron chi connectivity index (χ0n) is 8.94. The first-order chi connectivity index (χ1) is 7.74. The van der Waals surface area contributed by atoms with Crippen molar-refractivity contribution in [2.45, 2.75) is 13.5 Å². The van der Waals surface area contributed by atoms with Crippen molar-refractivity contribution in [1.82, 2.24) is 9.97 Å². The molecule has 0 aliphatic carbocycles. The van der Waals surface area contributed by atoms with Crippen molar-refractivity contribution in [3.8, 4) is 0 Å².